The minimum atomic E-state index is -4.27. The molecular weight excluding hydrogens is 360 g/mol. The van der Waals surface area contributed by atoms with Crippen LogP contribution >= 0.6 is 38.5 Å². The van der Waals surface area contributed by atoms with Gasteiger partial charge in [0.25, 0.3) is 0 Å². The topological polar surface area (TPSA) is 0 Å². The lowest BCUT2D eigenvalue weighted by molar-refractivity contribution is -0.137. The summed E-state index contributed by atoms with van der Waals surface area (Å²) >= 11 is 5.08. The van der Waals surface area contributed by atoms with Crippen LogP contribution in [0.15, 0.2) is 16.6 Å². The average Bonchev–Trinajstić information content (AvgIpc) is 1.97. The molecule has 0 N–H and O–H groups in total. The monoisotopic (exact) mass is 364 g/mol. The highest BCUT2D eigenvalue weighted by molar-refractivity contribution is 14.1. The van der Waals surface area contributed by atoms with E-state index in [0.29, 0.717) is 10.0 Å². The molecule has 1 aromatic rings. The van der Waals surface area contributed by atoms with Crippen LogP contribution in [0.2, 0.25) is 0 Å². The van der Waals surface area contributed by atoms with Crippen molar-refractivity contribution in [1.82, 2.24) is 0 Å². The van der Waals surface area contributed by atoms with Gasteiger partial charge in [0.15, 0.2) is 0 Å². The fraction of sp³-hybridized carbons (Fsp3) is 0.250. The largest absolute Gasteiger partial charge is 0.416 e. The number of benzene rings is 1. The lowest BCUT2D eigenvalue weighted by atomic mass is 10.1. The number of hydrogen-bond donors (Lipinski definition) is 0. The van der Waals surface area contributed by atoms with Gasteiger partial charge in [-0.1, -0.05) is 0 Å². The Kier molecular flexibility index (Phi) is 3.27. The minimum Gasteiger partial charge on any atom is -0.166 e. The molecule has 0 radical (unpaired) electrons. The zero-order valence-electron chi connectivity index (χ0n) is 6.54. The highest BCUT2D eigenvalue weighted by Crippen LogP contribution is 2.34. The Labute approximate surface area is 95.8 Å². The molecular formula is C8H5BrF3I. The molecule has 0 aliphatic heterocycles. The first-order valence-electron chi connectivity index (χ1n) is 3.35. The predicted molar refractivity (Wildman–Crippen MR) is 56.6 cm³/mol. The van der Waals surface area contributed by atoms with Crippen molar-refractivity contribution in [2.24, 2.45) is 0 Å². The van der Waals surface area contributed by atoms with E-state index in [-0.39, 0.29) is 0 Å². The fourth-order valence-corrected chi connectivity index (χ4v) is 1.76. The molecule has 0 aromatic heterocycles. The van der Waals surface area contributed by atoms with Gasteiger partial charge in [-0.15, -0.1) is 0 Å². The van der Waals surface area contributed by atoms with E-state index in [1.807, 2.05) is 22.6 Å². The molecule has 13 heavy (non-hydrogen) atoms. The number of halogens is 5. The summed E-state index contributed by atoms with van der Waals surface area (Å²) in [6, 6.07) is 2.24. The second-order valence-electron chi connectivity index (χ2n) is 2.59. The molecule has 0 atom stereocenters. The van der Waals surface area contributed by atoms with Crippen molar-refractivity contribution in [1.29, 1.82) is 0 Å². The molecule has 1 rings (SSSR count). The molecule has 5 heteroatoms. The number of hydrogen-bond acceptors (Lipinski definition) is 0. The lowest BCUT2D eigenvalue weighted by Gasteiger charge is -2.09. The SMILES string of the molecule is Cc1cc(C(F)(F)F)cc(Br)c1I. The zero-order valence-corrected chi connectivity index (χ0v) is 10.3. The summed E-state index contributed by atoms with van der Waals surface area (Å²) in [4.78, 5) is 0. The Morgan fingerprint density at radius 3 is 2.23 bits per heavy atom. The predicted octanol–water partition coefficient (Wildman–Crippen LogP) is 4.38. The van der Waals surface area contributed by atoms with Crippen LogP contribution in [0.3, 0.4) is 0 Å². The van der Waals surface area contributed by atoms with E-state index in [4.69, 9.17) is 0 Å². The maximum absolute atomic E-state index is 12.3. The summed E-state index contributed by atoms with van der Waals surface area (Å²) in [5, 5.41) is 0. The Bertz CT molecular complexity index is 310. The number of alkyl halides is 3. The van der Waals surface area contributed by atoms with Crippen LogP contribution in [0.1, 0.15) is 11.1 Å². The molecule has 0 saturated carbocycles. The van der Waals surface area contributed by atoms with Crippen LogP contribution in [0, 0.1) is 10.5 Å². The molecule has 72 valence electrons. The van der Waals surface area contributed by atoms with Crippen LogP contribution in [-0.4, -0.2) is 0 Å². The number of aryl methyl sites for hydroxylation is 1. The lowest BCUT2D eigenvalue weighted by Crippen LogP contribution is -2.05. The van der Waals surface area contributed by atoms with Gasteiger partial charge in [-0.05, 0) is 63.1 Å². The maximum Gasteiger partial charge on any atom is 0.416 e. The molecule has 0 nitrogen and oxygen atoms in total. The van der Waals surface area contributed by atoms with E-state index in [9.17, 15) is 13.2 Å². The Balaban J connectivity index is 3.29. The van der Waals surface area contributed by atoms with Gasteiger partial charge in [-0.2, -0.15) is 13.2 Å². The van der Waals surface area contributed by atoms with E-state index in [0.717, 1.165) is 15.7 Å². The van der Waals surface area contributed by atoms with Crippen molar-refractivity contribution in [2.45, 2.75) is 13.1 Å². The van der Waals surface area contributed by atoms with E-state index >= 15 is 0 Å². The second-order valence-corrected chi connectivity index (χ2v) is 4.52. The van der Waals surface area contributed by atoms with Crippen molar-refractivity contribution in [3.63, 3.8) is 0 Å². The van der Waals surface area contributed by atoms with Crippen molar-refractivity contribution in [3.05, 3.63) is 31.3 Å². The van der Waals surface area contributed by atoms with E-state index in [2.05, 4.69) is 15.9 Å². The van der Waals surface area contributed by atoms with E-state index in [1.165, 1.54) is 0 Å². The molecule has 0 amide bonds. The van der Waals surface area contributed by atoms with Crippen molar-refractivity contribution >= 4 is 38.5 Å². The summed E-state index contributed by atoms with van der Waals surface area (Å²) in [6.45, 7) is 1.65. The summed E-state index contributed by atoms with van der Waals surface area (Å²) in [7, 11) is 0. The van der Waals surface area contributed by atoms with Crippen LogP contribution in [-0.2, 0) is 6.18 Å². The average molecular weight is 365 g/mol. The molecule has 0 heterocycles. The normalized spacial score (nSPS) is 11.8. The molecule has 0 bridgehead atoms. The van der Waals surface area contributed by atoms with Gasteiger partial charge in [0.05, 0.1) is 5.56 Å². The molecule has 1 aromatic carbocycles. The third-order valence-corrected chi connectivity index (χ3v) is 4.34. The first-order chi connectivity index (χ1) is 5.82. The zero-order chi connectivity index (χ0) is 10.2. The van der Waals surface area contributed by atoms with Gasteiger partial charge in [-0.25, -0.2) is 0 Å². The molecule has 0 spiro atoms. The van der Waals surface area contributed by atoms with Crippen molar-refractivity contribution in [2.75, 3.05) is 0 Å². The van der Waals surface area contributed by atoms with Gasteiger partial charge < -0.3 is 0 Å². The first kappa shape index (κ1) is 11.3. The molecule has 0 saturated heterocycles. The second kappa shape index (κ2) is 3.76. The van der Waals surface area contributed by atoms with E-state index in [1.54, 1.807) is 6.92 Å². The Hall–Kier alpha value is 0.220. The molecule has 0 unspecified atom stereocenters. The molecule has 0 aliphatic rings. The third kappa shape index (κ3) is 2.59. The summed E-state index contributed by atoms with van der Waals surface area (Å²) < 4.78 is 38.1. The fourth-order valence-electron chi connectivity index (χ4n) is 0.890. The van der Waals surface area contributed by atoms with Crippen LogP contribution in [0.25, 0.3) is 0 Å². The molecule has 0 aliphatic carbocycles. The summed E-state index contributed by atoms with van der Waals surface area (Å²) in [6.07, 6.45) is -4.27. The smallest absolute Gasteiger partial charge is 0.166 e. The Morgan fingerprint density at radius 1 is 1.31 bits per heavy atom. The Morgan fingerprint density at radius 2 is 1.85 bits per heavy atom. The van der Waals surface area contributed by atoms with E-state index < -0.39 is 11.7 Å². The minimum absolute atomic E-state index is 0.487. The highest BCUT2D eigenvalue weighted by Gasteiger charge is 2.31. The standard InChI is InChI=1S/C8H5BrF3I/c1-4-2-5(8(10,11)12)3-6(9)7(4)13/h2-3H,1H3. The van der Waals surface area contributed by atoms with Gasteiger partial charge in [0.1, 0.15) is 0 Å². The maximum atomic E-state index is 12.3. The van der Waals surface area contributed by atoms with Gasteiger partial charge in [-0.3, -0.25) is 0 Å². The first-order valence-corrected chi connectivity index (χ1v) is 5.22. The van der Waals surface area contributed by atoms with Gasteiger partial charge in [0, 0.05) is 8.04 Å². The highest BCUT2D eigenvalue weighted by atomic mass is 127. The quantitative estimate of drug-likeness (QED) is 0.599. The molecule has 0 fully saturated rings. The van der Waals surface area contributed by atoms with Crippen molar-refractivity contribution < 1.29 is 13.2 Å². The number of rotatable bonds is 0. The summed E-state index contributed by atoms with van der Waals surface area (Å²) in [5.41, 5.74) is 0.0135. The summed E-state index contributed by atoms with van der Waals surface area (Å²) in [5.74, 6) is 0. The third-order valence-electron chi connectivity index (χ3n) is 1.54. The van der Waals surface area contributed by atoms with Gasteiger partial charge >= 0.3 is 6.18 Å². The van der Waals surface area contributed by atoms with Crippen LogP contribution in [0.4, 0.5) is 13.2 Å². The van der Waals surface area contributed by atoms with Crippen LogP contribution < -0.4 is 0 Å². The van der Waals surface area contributed by atoms with Gasteiger partial charge in [0.2, 0.25) is 0 Å². The van der Waals surface area contributed by atoms with Crippen molar-refractivity contribution in [3.8, 4) is 0 Å². The van der Waals surface area contributed by atoms with Crippen LogP contribution in [0.5, 0.6) is 0 Å².